The fourth-order valence-electron chi connectivity index (χ4n) is 3.67. The lowest BCUT2D eigenvalue weighted by Gasteiger charge is -2.29. The van der Waals surface area contributed by atoms with Crippen molar-refractivity contribution in [2.75, 3.05) is 36.5 Å². The lowest BCUT2D eigenvalue weighted by Crippen LogP contribution is -2.45. The molecule has 0 saturated carbocycles. The summed E-state index contributed by atoms with van der Waals surface area (Å²) in [6.45, 7) is 0.813. The molecule has 3 rings (SSSR count). The molecule has 28 heavy (non-hydrogen) atoms. The minimum absolute atomic E-state index is 0.0495. The third kappa shape index (κ3) is 5.45. The van der Waals surface area contributed by atoms with E-state index in [0.717, 1.165) is 18.9 Å². The molecular weight excluding hydrogens is 397 g/mol. The Morgan fingerprint density at radius 1 is 1.25 bits per heavy atom. The number of hydrogen-bond acceptors (Lipinski definition) is 5. The van der Waals surface area contributed by atoms with Gasteiger partial charge in [0.1, 0.15) is 0 Å². The topological polar surface area (TPSA) is 75.7 Å². The fraction of sp³-hybridized carbons (Fsp3) is 0.611. The van der Waals surface area contributed by atoms with Crippen molar-refractivity contribution < 1.29 is 31.1 Å². The van der Waals surface area contributed by atoms with E-state index in [1.54, 1.807) is 4.90 Å². The number of para-hydroxylation sites is 1. The number of alkyl halides is 3. The van der Waals surface area contributed by atoms with Crippen LogP contribution in [0.4, 0.5) is 18.9 Å². The van der Waals surface area contributed by atoms with E-state index < -0.39 is 27.5 Å². The lowest BCUT2D eigenvalue weighted by atomic mass is 10.1. The van der Waals surface area contributed by atoms with Crippen molar-refractivity contribution in [3.63, 3.8) is 0 Å². The van der Waals surface area contributed by atoms with Crippen LogP contribution in [0.3, 0.4) is 0 Å². The summed E-state index contributed by atoms with van der Waals surface area (Å²) in [5.41, 5.74) is -1.23. The second-order valence-electron chi connectivity index (χ2n) is 7.21. The molecule has 0 radical (unpaired) electrons. The molecule has 2 fully saturated rings. The molecule has 1 aromatic rings. The molecule has 1 amide bonds. The Balaban J connectivity index is 1.71. The predicted octanol–water partition coefficient (Wildman–Crippen LogP) is 2.31. The van der Waals surface area contributed by atoms with Gasteiger partial charge in [0, 0.05) is 19.2 Å². The molecule has 2 saturated heterocycles. The van der Waals surface area contributed by atoms with Gasteiger partial charge in [0.2, 0.25) is 5.91 Å². The van der Waals surface area contributed by atoms with E-state index in [2.05, 4.69) is 5.32 Å². The smallest absolute Gasteiger partial charge is 0.377 e. The number of halogens is 3. The van der Waals surface area contributed by atoms with E-state index in [1.807, 2.05) is 0 Å². The van der Waals surface area contributed by atoms with Crippen LogP contribution in [0.1, 0.15) is 24.8 Å². The number of ether oxygens (including phenoxy) is 1. The normalized spacial score (nSPS) is 24.6. The zero-order valence-electron chi connectivity index (χ0n) is 15.2. The van der Waals surface area contributed by atoms with Crippen LogP contribution in [-0.2, 0) is 25.5 Å². The molecular formula is C18H23F3N2O4S. The molecule has 0 bridgehead atoms. The third-order valence-electron chi connectivity index (χ3n) is 5.04. The molecule has 0 aliphatic carbocycles. The van der Waals surface area contributed by atoms with Gasteiger partial charge in [-0.2, -0.15) is 13.2 Å². The van der Waals surface area contributed by atoms with E-state index >= 15 is 0 Å². The summed E-state index contributed by atoms with van der Waals surface area (Å²) in [6.07, 6.45) is -2.57. The number of amides is 1. The van der Waals surface area contributed by atoms with E-state index in [-0.39, 0.29) is 35.9 Å². The highest BCUT2D eigenvalue weighted by Crippen LogP contribution is 2.34. The molecule has 2 unspecified atom stereocenters. The highest BCUT2D eigenvalue weighted by molar-refractivity contribution is 7.91. The number of benzene rings is 1. The van der Waals surface area contributed by atoms with Gasteiger partial charge >= 0.3 is 6.18 Å². The Labute approximate surface area is 162 Å². The highest BCUT2D eigenvalue weighted by Gasteiger charge is 2.36. The number of hydrogen-bond donors (Lipinski definition) is 1. The molecule has 2 aliphatic rings. The Hall–Kier alpha value is -1.65. The summed E-state index contributed by atoms with van der Waals surface area (Å²) >= 11 is 0. The van der Waals surface area contributed by atoms with Crippen LogP contribution in [0.15, 0.2) is 24.3 Å². The van der Waals surface area contributed by atoms with Crippen molar-refractivity contribution >= 4 is 21.4 Å². The summed E-state index contributed by atoms with van der Waals surface area (Å²) in [6, 6.07) is 4.44. The van der Waals surface area contributed by atoms with Gasteiger partial charge in [-0.25, -0.2) is 8.42 Å². The number of carbonyl (C=O) groups excluding carboxylic acids is 1. The minimum atomic E-state index is -4.58. The summed E-state index contributed by atoms with van der Waals surface area (Å²) in [5, 5.41) is 2.33. The predicted molar refractivity (Wildman–Crippen MR) is 97.7 cm³/mol. The first kappa shape index (κ1) is 21.1. The second-order valence-corrected chi connectivity index (χ2v) is 9.44. The zero-order valence-corrected chi connectivity index (χ0v) is 16.1. The van der Waals surface area contributed by atoms with Crippen LogP contribution in [0, 0.1) is 0 Å². The molecule has 2 atom stereocenters. The monoisotopic (exact) mass is 420 g/mol. The van der Waals surface area contributed by atoms with Crippen molar-refractivity contribution in [1.82, 2.24) is 4.90 Å². The van der Waals surface area contributed by atoms with Crippen molar-refractivity contribution in [1.29, 1.82) is 0 Å². The average Bonchev–Trinajstić information content (AvgIpc) is 3.23. The second kappa shape index (κ2) is 8.38. The minimum Gasteiger partial charge on any atom is -0.377 e. The van der Waals surface area contributed by atoms with E-state index in [9.17, 15) is 26.4 Å². The maximum Gasteiger partial charge on any atom is 0.418 e. The molecule has 156 valence electrons. The molecule has 1 N–H and O–H groups in total. The van der Waals surface area contributed by atoms with E-state index in [4.69, 9.17) is 4.74 Å². The number of anilines is 1. The summed E-state index contributed by atoms with van der Waals surface area (Å²) in [7, 11) is -3.16. The molecule has 2 heterocycles. The van der Waals surface area contributed by atoms with Crippen molar-refractivity contribution in [3.8, 4) is 0 Å². The largest absolute Gasteiger partial charge is 0.418 e. The number of nitrogens with zero attached hydrogens (tertiary/aromatic N) is 1. The number of nitrogens with one attached hydrogen (secondary N) is 1. The highest BCUT2D eigenvalue weighted by atomic mass is 32.2. The summed E-state index contributed by atoms with van der Waals surface area (Å²) < 4.78 is 68.6. The molecule has 2 aliphatic heterocycles. The van der Waals surface area contributed by atoms with Crippen LogP contribution in [0.25, 0.3) is 0 Å². The van der Waals surface area contributed by atoms with Crippen LogP contribution in [-0.4, -0.2) is 62.6 Å². The van der Waals surface area contributed by atoms with Gasteiger partial charge in [-0.1, -0.05) is 12.1 Å². The number of sulfone groups is 1. The first-order valence-corrected chi connectivity index (χ1v) is 11.0. The summed E-state index contributed by atoms with van der Waals surface area (Å²) in [4.78, 5) is 14.2. The Morgan fingerprint density at radius 2 is 2.00 bits per heavy atom. The van der Waals surface area contributed by atoms with E-state index in [0.29, 0.717) is 19.6 Å². The van der Waals surface area contributed by atoms with Gasteiger partial charge in [-0.05, 0) is 31.4 Å². The van der Waals surface area contributed by atoms with Crippen LogP contribution < -0.4 is 5.32 Å². The standard InChI is InChI=1S/C18H23F3N2O4S/c19-18(20,21)15-5-1-2-6-16(15)22-17(24)11-23(10-14-4-3-8-27-14)13-7-9-28(25,26)12-13/h1-2,5-6,13-14H,3-4,7-12H2,(H,22,24). The van der Waals surface area contributed by atoms with Crippen molar-refractivity contribution in [2.45, 2.75) is 37.6 Å². The Morgan fingerprint density at radius 3 is 2.61 bits per heavy atom. The molecule has 1 aromatic carbocycles. The lowest BCUT2D eigenvalue weighted by molar-refractivity contribution is -0.137. The van der Waals surface area contributed by atoms with Crippen LogP contribution in [0.5, 0.6) is 0 Å². The van der Waals surface area contributed by atoms with Gasteiger partial charge in [0.25, 0.3) is 0 Å². The van der Waals surface area contributed by atoms with E-state index in [1.165, 1.54) is 18.2 Å². The zero-order chi connectivity index (χ0) is 20.4. The van der Waals surface area contributed by atoms with Gasteiger partial charge in [0.15, 0.2) is 9.84 Å². The van der Waals surface area contributed by atoms with Gasteiger partial charge in [0.05, 0.1) is 35.4 Å². The Bertz CT molecular complexity index is 807. The van der Waals surface area contributed by atoms with Gasteiger partial charge in [-0.3, -0.25) is 9.69 Å². The average molecular weight is 420 g/mol. The quantitative estimate of drug-likeness (QED) is 0.765. The van der Waals surface area contributed by atoms with Crippen LogP contribution >= 0.6 is 0 Å². The fourth-order valence-corrected chi connectivity index (χ4v) is 5.43. The SMILES string of the molecule is O=C(CN(CC1CCCO1)C1CCS(=O)(=O)C1)Nc1ccccc1C(F)(F)F. The third-order valence-corrected chi connectivity index (χ3v) is 6.79. The maximum atomic E-state index is 13.1. The number of carbonyl (C=O) groups is 1. The van der Waals surface area contributed by atoms with Crippen LogP contribution in [0.2, 0.25) is 0 Å². The van der Waals surface area contributed by atoms with Gasteiger partial charge < -0.3 is 10.1 Å². The summed E-state index contributed by atoms with van der Waals surface area (Å²) in [5.74, 6) is -0.608. The Kier molecular flexibility index (Phi) is 6.31. The first-order chi connectivity index (χ1) is 13.1. The molecule has 10 heteroatoms. The maximum absolute atomic E-state index is 13.1. The first-order valence-electron chi connectivity index (χ1n) is 9.16. The van der Waals surface area contributed by atoms with Gasteiger partial charge in [-0.15, -0.1) is 0 Å². The molecule has 0 spiro atoms. The number of rotatable bonds is 6. The van der Waals surface area contributed by atoms with Crippen molar-refractivity contribution in [3.05, 3.63) is 29.8 Å². The molecule has 6 nitrogen and oxygen atoms in total. The molecule has 0 aromatic heterocycles. The van der Waals surface area contributed by atoms with Crippen molar-refractivity contribution in [2.24, 2.45) is 0 Å².